The van der Waals surface area contributed by atoms with Crippen LogP contribution in [0.5, 0.6) is 0 Å². The van der Waals surface area contributed by atoms with Crippen molar-refractivity contribution in [2.24, 2.45) is 0 Å². The van der Waals surface area contributed by atoms with Crippen molar-refractivity contribution >= 4 is 11.6 Å². The first kappa shape index (κ1) is 12.9. The van der Waals surface area contributed by atoms with E-state index in [1.807, 2.05) is 0 Å². The standard InChI is InChI=1S/C11H8ClF3N2O/c1-6-2-3-7(4-8(6)11(13,14)15)10-16-9(5-12)17-18-10/h2-4H,5H2,1H3. The van der Waals surface area contributed by atoms with Gasteiger partial charge in [0, 0.05) is 5.56 Å². The van der Waals surface area contributed by atoms with E-state index in [-0.39, 0.29) is 28.7 Å². The summed E-state index contributed by atoms with van der Waals surface area (Å²) in [7, 11) is 0. The van der Waals surface area contributed by atoms with Gasteiger partial charge in [0.25, 0.3) is 5.89 Å². The smallest absolute Gasteiger partial charge is 0.334 e. The number of rotatable bonds is 2. The highest BCUT2D eigenvalue weighted by molar-refractivity contribution is 6.16. The molecule has 2 aromatic rings. The first-order valence-electron chi connectivity index (χ1n) is 4.98. The molecular formula is C11H8ClF3N2O. The molecule has 0 amide bonds. The molecule has 0 bridgehead atoms. The molecule has 1 heterocycles. The molecule has 0 fully saturated rings. The molecule has 0 saturated carbocycles. The molecule has 7 heteroatoms. The van der Waals surface area contributed by atoms with E-state index in [1.165, 1.54) is 19.1 Å². The van der Waals surface area contributed by atoms with Gasteiger partial charge >= 0.3 is 6.18 Å². The van der Waals surface area contributed by atoms with Crippen LogP contribution < -0.4 is 0 Å². The van der Waals surface area contributed by atoms with Gasteiger partial charge in [0.1, 0.15) is 0 Å². The van der Waals surface area contributed by atoms with Crippen LogP contribution in [-0.4, -0.2) is 10.1 Å². The van der Waals surface area contributed by atoms with Gasteiger partial charge in [-0.15, -0.1) is 11.6 Å². The van der Waals surface area contributed by atoms with Crippen LogP contribution in [0.15, 0.2) is 22.7 Å². The summed E-state index contributed by atoms with van der Waals surface area (Å²) in [6, 6.07) is 3.85. The molecule has 3 nitrogen and oxygen atoms in total. The molecule has 18 heavy (non-hydrogen) atoms. The van der Waals surface area contributed by atoms with Crippen LogP contribution in [0.25, 0.3) is 11.5 Å². The SMILES string of the molecule is Cc1ccc(-c2nc(CCl)no2)cc1C(F)(F)F. The number of aromatic nitrogens is 2. The van der Waals surface area contributed by atoms with Crippen LogP contribution in [-0.2, 0) is 12.1 Å². The van der Waals surface area contributed by atoms with E-state index >= 15 is 0 Å². The van der Waals surface area contributed by atoms with E-state index < -0.39 is 11.7 Å². The van der Waals surface area contributed by atoms with Gasteiger partial charge in [0.15, 0.2) is 5.82 Å². The number of benzene rings is 1. The molecule has 1 aromatic carbocycles. The first-order valence-corrected chi connectivity index (χ1v) is 5.52. The molecule has 0 atom stereocenters. The molecule has 0 N–H and O–H groups in total. The second-order valence-electron chi connectivity index (χ2n) is 3.68. The maximum absolute atomic E-state index is 12.7. The van der Waals surface area contributed by atoms with Gasteiger partial charge < -0.3 is 4.52 Å². The van der Waals surface area contributed by atoms with Gasteiger partial charge in [-0.3, -0.25) is 0 Å². The fraction of sp³-hybridized carbons (Fsp3) is 0.273. The van der Waals surface area contributed by atoms with Gasteiger partial charge in [-0.25, -0.2) is 0 Å². The van der Waals surface area contributed by atoms with E-state index in [2.05, 4.69) is 10.1 Å². The minimum atomic E-state index is -4.41. The maximum Gasteiger partial charge on any atom is 0.416 e. The third-order valence-corrected chi connectivity index (χ3v) is 2.62. The van der Waals surface area contributed by atoms with Crippen LogP contribution in [0.3, 0.4) is 0 Å². The second-order valence-corrected chi connectivity index (χ2v) is 3.94. The van der Waals surface area contributed by atoms with E-state index in [0.717, 1.165) is 6.07 Å². The molecule has 0 saturated heterocycles. The fourth-order valence-electron chi connectivity index (χ4n) is 1.49. The summed E-state index contributed by atoms with van der Waals surface area (Å²) < 4.78 is 43.0. The third kappa shape index (κ3) is 2.48. The normalized spacial score (nSPS) is 11.8. The Kier molecular flexibility index (Phi) is 3.30. The zero-order valence-electron chi connectivity index (χ0n) is 9.25. The fourth-order valence-corrected chi connectivity index (χ4v) is 1.59. The summed E-state index contributed by atoms with van der Waals surface area (Å²) in [6.45, 7) is 1.39. The predicted molar refractivity (Wildman–Crippen MR) is 59.0 cm³/mol. The van der Waals surface area contributed by atoms with Crippen molar-refractivity contribution in [2.75, 3.05) is 0 Å². The number of hydrogen-bond donors (Lipinski definition) is 0. The molecule has 0 radical (unpaired) electrons. The molecule has 0 spiro atoms. The van der Waals surface area contributed by atoms with E-state index in [9.17, 15) is 13.2 Å². The van der Waals surface area contributed by atoms with Crippen molar-refractivity contribution in [3.8, 4) is 11.5 Å². The third-order valence-electron chi connectivity index (χ3n) is 2.38. The van der Waals surface area contributed by atoms with Crippen molar-refractivity contribution in [3.63, 3.8) is 0 Å². The van der Waals surface area contributed by atoms with Crippen LogP contribution >= 0.6 is 11.6 Å². The molecule has 0 unspecified atom stereocenters. The molecule has 96 valence electrons. The maximum atomic E-state index is 12.7. The Morgan fingerprint density at radius 2 is 2.06 bits per heavy atom. The van der Waals surface area contributed by atoms with Gasteiger partial charge in [-0.05, 0) is 24.6 Å². The van der Waals surface area contributed by atoms with E-state index in [4.69, 9.17) is 16.1 Å². The highest BCUT2D eigenvalue weighted by Crippen LogP contribution is 2.34. The van der Waals surface area contributed by atoms with Gasteiger partial charge in [-0.2, -0.15) is 18.2 Å². The highest BCUT2D eigenvalue weighted by atomic mass is 35.5. The summed E-state index contributed by atoms with van der Waals surface area (Å²) >= 11 is 5.49. The van der Waals surface area contributed by atoms with Crippen molar-refractivity contribution in [3.05, 3.63) is 35.2 Å². The Hall–Kier alpha value is -1.56. The lowest BCUT2D eigenvalue weighted by molar-refractivity contribution is -0.138. The van der Waals surface area contributed by atoms with Crippen LogP contribution in [0.2, 0.25) is 0 Å². The largest absolute Gasteiger partial charge is 0.416 e. The van der Waals surface area contributed by atoms with E-state index in [1.54, 1.807) is 0 Å². The topological polar surface area (TPSA) is 38.9 Å². The lowest BCUT2D eigenvalue weighted by atomic mass is 10.0. The number of hydrogen-bond acceptors (Lipinski definition) is 3. The molecule has 1 aromatic heterocycles. The number of aryl methyl sites for hydroxylation is 1. The van der Waals surface area contributed by atoms with Gasteiger partial charge in [0.2, 0.25) is 0 Å². The van der Waals surface area contributed by atoms with Crippen molar-refractivity contribution in [1.82, 2.24) is 10.1 Å². The Morgan fingerprint density at radius 3 is 2.61 bits per heavy atom. The quantitative estimate of drug-likeness (QED) is 0.783. The predicted octanol–water partition coefficient (Wildman–Crippen LogP) is 3.80. The molecule has 0 aliphatic carbocycles. The van der Waals surface area contributed by atoms with E-state index in [0.29, 0.717) is 0 Å². The lowest BCUT2D eigenvalue weighted by Gasteiger charge is -2.10. The highest BCUT2D eigenvalue weighted by Gasteiger charge is 2.32. The summed E-state index contributed by atoms with van der Waals surface area (Å²) in [6.07, 6.45) is -4.41. The average Bonchev–Trinajstić information content (AvgIpc) is 2.76. The van der Waals surface area contributed by atoms with Crippen molar-refractivity contribution in [1.29, 1.82) is 0 Å². The second kappa shape index (κ2) is 4.61. The molecule has 0 aliphatic rings. The zero-order chi connectivity index (χ0) is 13.3. The minimum Gasteiger partial charge on any atom is -0.334 e. The number of nitrogens with zero attached hydrogens (tertiary/aromatic N) is 2. The Labute approximate surface area is 106 Å². The molecule has 2 rings (SSSR count). The minimum absolute atomic E-state index is 0.0242. The summed E-state index contributed by atoms with van der Waals surface area (Å²) in [5.74, 6) is 0.304. The van der Waals surface area contributed by atoms with Crippen LogP contribution in [0.1, 0.15) is 17.0 Å². The summed E-state index contributed by atoms with van der Waals surface area (Å²) in [5, 5.41) is 3.53. The monoisotopic (exact) mass is 276 g/mol. The molecule has 0 aliphatic heterocycles. The number of alkyl halides is 4. The van der Waals surface area contributed by atoms with Gasteiger partial charge in [0.05, 0.1) is 11.4 Å². The van der Waals surface area contributed by atoms with Crippen molar-refractivity contribution < 1.29 is 17.7 Å². The molecular weight excluding hydrogens is 269 g/mol. The Balaban J connectivity index is 2.47. The summed E-state index contributed by atoms with van der Waals surface area (Å²) in [4.78, 5) is 3.87. The summed E-state index contributed by atoms with van der Waals surface area (Å²) in [5.41, 5.74) is -0.356. The lowest BCUT2D eigenvalue weighted by Crippen LogP contribution is -2.07. The Morgan fingerprint density at radius 1 is 1.33 bits per heavy atom. The van der Waals surface area contributed by atoms with Gasteiger partial charge in [-0.1, -0.05) is 11.2 Å². The zero-order valence-corrected chi connectivity index (χ0v) is 10.0. The first-order chi connectivity index (χ1) is 8.41. The van der Waals surface area contributed by atoms with Crippen molar-refractivity contribution in [2.45, 2.75) is 19.0 Å². The Bertz CT molecular complexity index is 566. The van der Waals surface area contributed by atoms with Crippen LogP contribution in [0.4, 0.5) is 13.2 Å². The number of halogens is 4. The van der Waals surface area contributed by atoms with Crippen LogP contribution in [0, 0.1) is 6.92 Å². The average molecular weight is 277 g/mol.